The highest BCUT2D eigenvalue weighted by Gasteiger charge is 1.82. The fraction of sp³-hybridized carbons (Fsp3) is 1.00. The SMILES string of the molecule is C[C@@H](S)CO. The molecule has 0 saturated heterocycles. The maximum atomic E-state index is 8.07. The number of aliphatic hydroxyl groups excluding tert-OH is 1. The zero-order valence-electron chi connectivity index (χ0n) is 3.18. The van der Waals surface area contributed by atoms with Crippen LogP contribution in [0.15, 0.2) is 0 Å². The molecule has 0 unspecified atom stereocenters. The van der Waals surface area contributed by atoms with Gasteiger partial charge < -0.3 is 5.11 Å². The maximum absolute atomic E-state index is 8.07. The first-order valence-corrected chi connectivity index (χ1v) is 2.08. The van der Waals surface area contributed by atoms with Crippen LogP contribution in [-0.4, -0.2) is 17.0 Å². The summed E-state index contributed by atoms with van der Waals surface area (Å²) in [4.78, 5) is 0. The Hall–Kier alpha value is 0.310. The Bertz CT molecular complexity index is 20.9. The standard InChI is InChI=1S/C3H8OS/c1-3(5)2-4/h3-5H,2H2,1H3/t3-/m1/s1. The van der Waals surface area contributed by atoms with Gasteiger partial charge in [0.05, 0.1) is 6.61 Å². The first kappa shape index (κ1) is 5.31. The Kier molecular flexibility index (Phi) is 2.70. The predicted molar refractivity (Wildman–Crippen MR) is 25.5 cm³/mol. The molecule has 0 aliphatic rings. The minimum Gasteiger partial charge on any atom is -0.395 e. The van der Waals surface area contributed by atoms with Crippen LogP contribution in [0, 0.1) is 0 Å². The van der Waals surface area contributed by atoms with E-state index in [1.165, 1.54) is 0 Å². The highest BCUT2D eigenvalue weighted by atomic mass is 32.1. The van der Waals surface area contributed by atoms with Crippen LogP contribution in [0.4, 0.5) is 0 Å². The van der Waals surface area contributed by atoms with Gasteiger partial charge in [-0.15, -0.1) is 0 Å². The van der Waals surface area contributed by atoms with Crippen LogP contribution in [0.3, 0.4) is 0 Å². The van der Waals surface area contributed by atoms with Crippen molar-refractivity contribution >= 4 is 12.6 Å². The summed E-state index contributed by atoms with van der Waals surface area (Å²) >= 11 is 3.85. The molecular weight excluding hydrogens is 84.1 g/mol. The van der Waals surface area contributed by atoms with E-state index in [1.807, 2.05) is 6.92 Å². The molecule has 0 fully saturated rings. The molecule has 2 heteroatoms. The zero-order chi connectivity index (χ0) is 4.28. The van der Waals surface area contributed by atoms with Gasteiger partial charge in [-0.2, -0.15) is 12.6 Å². The van der Waals surface area contributed by atoms with E-state index in [0.29, 0.717) is 0 Å². The first-order chi connectivity index (χ1) is 2.27. The summed E-state index contributed by atoms with van der Waals surface area (Å²) in [6.45, 7) is 2.01. The molecule has 0 spiro atoms. The van der Waals surface area contributed by atoms with Crippen molar-refractivity contribution in [1.29, 1.82) is 0 Å². The van der Waals surface area contributed by atoms with Crippen LogP contribution in [0.5, 0.6) is 0 Å². The number of aliphatic hydroxyl groups is 1. The monoisotopic (exact) mass is 92.0 g/mol. The van der Waals surface area contributed by atoms with Crippen molar-refractivity contribution in [2.75, 3.05) is 6.61 Å². The van der Waals surface area contributed by atoms with Crippen molar-refractivity contribution in [2.45, 2.75) is 12.2 Å². The van der Waals surface area contributed by atoms with Crippen molar-refractivity contribution in [3.05, 3.63) is 0 Å². The molecule has 0 aromatic rings. The van der Waals surface area contributed by atoms with Crippen molar-refractivity contribution in [3.63, 3.8) is 0 Å². The van der Waals surface area contributed by atoms with Crippen LogP contribution in [0.1, 0.15) is 6.92 Å². The topological polar surface area (TPSA) is 20.2 Å². The number of rotatable bonds is 1. The van der Waals surface area contributed by atoms with Crippen LogP contribution in [0.25, 0.3) is 0 Å². The summed E-state index contributed by atoms with van der Waals surface area (Å²) in [6.07, 6.45) is 0. The Morgan fingerprint density at radius 3 is 2.20 bits per heavy atom. The summed E-state index contributed by atoms with van der Waals surface area (Å²) in [5.41, 5.74) is 0. The number of thiol groups is 1. The van der Waals surface area contributed by atoms with Gasteiger partial charge in [0, 0.05) is 5.25 Å². The molecule has 0 saturated carbocycles. The van der Waals surface area contributed by atoms with Gasteiger partial charge in [0.25, 0.3) is 0 Å². The average Bonchev–Trinajstić information content (AvgIpc) is 1.38. The lowest BCUT2D eigenvalue weighted by atomic mass is 10.5. The van der Waals surface area contributed by atoms with Gasteiger partial charge in [-0.05, 0) is 0 Å². The molecule has 0 amide bonds. The predicted octanol–water partition coefficient (Wildman–Crippen LogP) is 0.297. The zero-order valence-corrected chi connectivity index (χ0v) is 4.07. The lowest BCUT2D eigenvalue weighted by molar-refractivity contribution is 0.300. The van der Waals surface area contributed by atoms with Crippen molar-refractivity contribution in [3.8, 4) is 0 Å². The molecule has 0 aromatic carbocycles. The Morgan fingerprint density at radius 1 is 2.00 bits per heavy atom. The van der Waals surface area contributed by atoms with E-state index in [2.05, 4.69) is 12.6 Å². The van der Waals surface area contributed by atoms with Crippen LogP contribution in [0.2, 0.25) is 0 Å². The Labute approximate surface area is 37.4 Å². The lowest BCUT2D eigenvalue weighted by Crippen LogP contribution is -1.95. The minimum absolute atomic E-state index is 0.134. The third-order valence-corrected chi connectivity index (χ3v) is 0.428. The molecule has 32 valence electrons. The molecule has 1 atom stereocenters. The van der Waals surface area contributed by atoms with Gasteiger partial charge >= 0.3 is 0 Å². The molecule has 0 bridgehead atoms. The maximum Gasteiger partial charge on any atom is 0.0544 e. The van der Waals surface area contributed by atoms with Gasteiger partial charge in [-0.25, -0.2) is 0 Å². The molecule has 0 aliphatic heterocycles. The Balaban J connectivity index is 2.54. The Morgan fingerprint density at radius 2 is 2.20 bits per heavy atom. The van der Waals surface area contributed by atoms with Gasteiger partial charge in [0.15, 0.2) is 0 Å². The number of hydrogen-bond donors (Lipinski definition) is 2. The fourth-order valence-electron chi connectivity index (χ4n) is 0. The van der Waals surface area contributed by atoms with Gasteiger partial charge in [-0.1, -0.05) is 6.92 Å². The summed E-state index contributed by atoms with van der Waals surface area (Å²) < 4.78 is 0. The van der Waals surface area contributed by atoms with Gasteiger partial charge in [0.2, 0.25) is 0 Å². The molecule has 0 rings (SSSR count). The third-order valence-electron chi connectivity index (χ3n) is 0.264. The van der Waals surface area contributed by atoms with Crippen LogP contribution < -0.4 is 0 Å². The van der Waals surface area contributed by atoms with E-state index >= 15 is 0 Å². The molecule has 0 radical (unpaired) electrons. The highest BCUT2D eigenvalue weighted by Crippen LogP contribution is 1.85. The molecule has 5 heavy (non-hydrogen) atoms. The van der Waals surface area contributed by atoms with Gasteiger partial charge in [-0.3, -0.25) is 0 Å². The van der Waals surface area contributed by atoms with E-state index in [0.717, 1.165) is 0 Å². The van der Waals surface area contributed by atoms with E-state index in [4.69, 9.17) is 5.11 Å². The smallest absolute Gasteiger partial charge is 0.0544 e. The molecule has 0 heterocycles. The lowest BCUT2D eigenvalue weighted by Gasteiger charge is -1.89. The summed E-state index contributed by atoms with van der Waals surface area (Å²) in [5.74, 6) is 0. The second-order valence-electron chi connectivity index (χ2n) is 1.03. The van der Waals surface area contributed by atoms with E-state index in [-0.39, 0.29) is 11.9 Å². The summed E-state index contributed by atoms with van der Waals surface area (Å²) in [7, 11) is 0. The summed E-state index contributed by atoms with van der Waals surface area (Å²) in [6, 6.07) is 0. The molecule has 0 aromatic heterocycles. The number of hydrogen-bond acceptors (Lipinski definition) is 2. The first-order valence-electron chi connectivity index (χ1n) is 1.56. The summed E-state index contributed by atoms with van der Waals surface area (Å²) in [5, 5.41) is 8.20. The van der Waals surface area contributed by atoms with Crippen LogP contribution >= 0.6 is 12.6 Å². The normalized spacial score (nSPS) is 15.0. The van der Waals surface area contributed by atoms with Crippen molar-refractivity contribution in [2.24, 2.45) is 0 Å². The van der Waals surface area contributed by atoms with Crippen LogP contribution in [-0.2, 0) is 0 Å². The largest absolute Gasteiger partial charge is 0.395 e. The van der Waals surface area contributed by atoms with Crippen molar-refractivity contribution in [1.82, 2.24) is 0 Å². The quantitative estimate of drug-likeness (QED) is 0.446. The van der Waals surface area contributed by atoms with E-state index in [1.54, 1.807) is 0 Å². The van der Waals surface area contributed by atoms with E-state index < -0.39 is 0 Å². The van der Waals surface area contributed by atoms with Crippen molar-refractivity contribution < 1.29 is 5.11 Å². The molecule has 0 aliphatic carbocycles. The van der Waals surface area contributed by atoms with E-state index in [9.17, 15) is 0 Å². The van der Waals surface area contributed by atoms with Gasteiger partial charge in [0.1, 0.15) is 0 Å². The fourth-order valence-corrected chi connectivity index (χ4v) is 0. The molecule has 1 N–H and O–H groups in total. The third kappa shape index (κ3) is 4.31. The second kappa shape index (κ2) is 2.54. The second-order valence-corrected chi connectivity index (χ2v) is 1.91. The highest BCUT2D eigenvalue weighted by molar-refractivity contribution is 7.80. The average molecular weight is 92.2 g/mol. The molecular formula is C3H8OS. The molecule has 1 nitrogen and oxygen atoms in total. The minimum atomic E-state index is 0.134.